The van der Waals surface area contributed by atoms with E-state index in [1.54, 1.807) is 23.8 Å². The predicted molar refractivity (Wildman–Crippen MR) is 45.6 cm³/mol. The van der Waals surface area contributed by atoms with Crippen LogP contribution >= 0.6 is 11.9 Å². The van der Waals surface area contributed by atoms with Crippen LogP contribution in [0.25, 0.3) is 0 Å². The Morgan fingerprint density at radius 1 is 1.73 bits per heavy atom. The zero-order valence-electron chi connectivity index (χ0n) is 5.73. The summed E-state index contributed by atoms with van der Waals surface area (Å²) >= 11 is 1.29. The number of hydrogen-bond acceptors (Lipinski definition) is 3. The van der Waals surface area contributed by atoms with E-state index in [9.17, 15) is 4.79 Å². The third-order valence-electron chi connectivity index (χ3n) is 1.11. The number of carboxylic acid groups (broad SMARTS) is 1. The van der Waals surface area contributed by atoms with Crippen LogP contribution in [0.1, 0.15) is 6.42 Å². The monoisotopic (exact) mass is 169 g/mol. The summed E-state index contributed by atoms with van der Waals surface area (Å²) < 4.78 is 3.86. The molecule has 0 amide bonds. The van der Waals surface area contributed by atoms with Gasteiger partial charge in [0, 0.05) is 18.2 Å². The van der Waals surface area contributed by atoms with Crippen molar-refractivity contribution in [3.63, 3.8) is 0 Å². The maximum absolute atomic E-state index is 10.3. The minimum Gasteiger partial charge on any atom is -0.481 e. The Morgan fingerprint density at radius 3 is 3.27 bits per heavy atom. The quantitative estimate of drug-likeness (QED) is 0.639. The Labute approximate surface area is 68.7 Å². The number of allylic oxidation sites excluding steroid dienone is 2. The zero-order valence-corrected chi connectivity index (χ0v) is 6.54. The lowest BCUT2D eigenvalue weighted by Gasteiger charge is -1.92. The van der Waals surface area contributed by atoms with Gasteiger partial charge in [-0.25, -0.2) is 4.40 Å². The molecule has 4 heteroatoms. The molecule has 0 spiro atoms. The molecule has 0 unspecified atom stereocenters. The standard InChI is InChI=1S/C7H7NO2S/c9-7(10)5-6-1-3-8-11-4-2-6/h1-4H,5H2,(H,9,10). The van der Waals surface area contributed by atoms with Crippen molar-refractivity contribution < 1.29 is 9.90 Å². The van der Waals surface area contributed by atoms with Crippen LogP contribution in [0.3, 0.4) is 0 Å². The third-order valence-corrected chi connectivity index (χ3v) is 1.61. The molecule has 0 aromatic carbocycles. The topological polar surface area (TPSA) is 49.7 Å². The number of carboxylic acids is 1. The van der Waals surface area contributed by atoms with Gasteiger partial charge in [-0.1, -0.05) is 6.08 Å². The summed E-state index contributed by atoms with van der Waals surface area (Å²) in [5.41, 5.74) is 0.770. The van der Waals surface area contributed by atoms with Crippen molar-refractivity contribution in [2.75, 3.05) is 0 Å². The molecule has 1 rings (SSSR count). The highest BCUT2D eigenvalue weighted by Gasteiger charge is 2.00. The van der Waals surface area contributed by atoms with Crippen molar-refractivity contribution in [1.29, 1.82) is 0 Å². The molecule has 1 heterocycles. The SMILES string of the molecule is O=C(O)CC1=CC=NSC=C1. The van der Waals surface area contributed by atoms with E-state index in [2.05, 4.69) is 4.40 Å². The minimum absolute atomic E-state index is 0.0586. The molecule has 58 valence electrons. The Hall–Kier alpha value is -1.03. The van der Waals surface area contributed by atoms with Gasteiger partial charge < -0.3 is 5.11 Å². The number of rotatable bonds is 2. The van der Waals surface area contributed by atoms with Crippen LogP contribution < -0.4 is 0 Å². The largest absolute Gasteiger partial charge is 0.481 e. The fraction of sp³-hybridized carbons (Fsp3) is 0.143. The van der Waals surface area contributed by atoms with Crippen LogP contribution in [0.5, 0.6) is 0 Å². The molecule has 0 aliphatic carbocycles. The van der Waals surface area contributed by atoms with Gasteiger partial charge in [0.15, 0.2) is 0 Å². The number of aliphatic carboxylic acids is 1. The summed E-state index contributed by atoms with van der Waals surface area (Å²) in [6, 6.07) is 0. The molecular weight excluding hydrogens is 162 g/mol. The molecule has 1 aliphatic rings. The van der Waals surface area contributed by atoms with E-state index < -0.39 is 5.97 Å². The molecule has 11 heavy (non-hydrogen) atoms. The van der Waals surface area contributed by atoms with E-state index in [4.69, 9.17) is 5.11 Å². The van der Waals surface area contributed by atoms with Crippen LogP contribution in [0, 0.1) is 0 Å². The molecule has 3 nitrogen and oxygen atoms in total. The zero-order chi connectivity index (χ0) is 8.10. The molecule has 1 N–H and O–H groups in total. The first-order valence-electron chi connectivity index (χ1n) is 3.06. The van der Waals surface area contributed by atoms with Gasteiger partial charge in [-0.2, -0.15) is 0 Å². The van der Waals surface area contributed by atoms with E-state index in [0.29, 0.717) is 0 Å². The van der Waals surface area contributed by atoms with Gasteiger partial charge >= 0.3 is 5.97 Å². The lowest BCUT2D eigenvalue weighted by molar-refractivity contribution is -0.136. The second-order valence-electron chi connectivity index (χ2n) is 1.97. The van der Waals surface area contributed by atoms with Crippen molar-refractivity contribution in [2.45, 2.75) is 6.42 Å². The van der Waals surface area contributed by atoms with Gasteiger partial charge in [-0.3, -0.25) is 4.79 Å². The molecule has 0 saturated heterocycles. The van der Waals surface area contributed by atoms with E-state index in [-0.39, 0.29) is 6.42 Å². The highest BCUT2D eigenvalue weighted by molar-refractivity contribution is 8.01. The van der Waals surface area contributed by atoms with Gasteiger partial charge in [0.1, 0.15) is 0 Å². The molecule has 0 aromatic rings. The van der Waals surface area contributed by atoms with Crippen LogP contribution in [0.15, 0.2) is 27.5 Å². The average Bonchev–Trinajstić information content (AvgIpc) is 2.14. The summed E-state index contributed by atoms with van der Waals surface area (Å²) in [4.78, 5) is 10.3. The lowest BCUT2D eigenvalue weighted by Crippen LogP contribution is -1.95. The Balaban J connectivity index is 2.62. The number of hydrogen-bond donors (Lipinski definition) is 1. The van der Waals surface area contributed by atoms with E-state index >= 15 is 0 Å². The molecule has 1 aliphatic heterocycles. The van der Waals surface area contributed by atoms with Crippen LogP contribution in [0.4, 0.5) is 0 Å². The molecule has 0 saturated carbocycles. The predicted octanol–water partition coefficient (Wildman–Crippen LogP) is 1.63. The average molecular weight is 169 g/mol. The van der Waals surface area contributed by atoms with Gasteiger partial charge in [-0.05, 0) is 17.1 Å². The Bertz CT molecular complexity index is 243. The minimum atomic E-state index is -0.818. The summed E-state index contributed by atoms with van der Waals surface area (Å²) in [7, 11) is 0. The summed E-state index contributed by atoms with van der Waals surface area (Å²) in [5, 5.41) is 10.2. The highest BCUT2D eigenvalue weighted by atomic mass is 32.2. The van der Waals surface area contributed by atoms with Crippen molar-refractivity contribution in [3.8, 4) is 0 Å². The fourth-order valence-corrected chi connectivity index (χ4v) is 1.10. The van der Waals surface area contributed by atoms with E-state index in [1.807, 2.05) is 0 Å². The molecule has 0 atom stereocenters. The maximum Gasteiger partial charge on any atom is 0.307 e. The van der Waals surface area contributed by atoms with Crippen LogP contribution in [0.2, 0.25) is 0 Å². The maximum atomic E-state index is 10.3. The van der Waals surface area contributed by atoms with Crippen molar-refractivity contribution in [1.82, 2.24) is 0 Å². The number of carbonyl (C=O) groups is 1. The second-order valence-corrected chi connectivity index (χ2v) is 2.67. The second kappa shape index (κ2) is 3.98. The molecule has 0 aromatic heterocycles. The van der Waals surface area contributed by atoms with Crippen molar-refractivity contribution in [2.24, 2.45) is 4.40 Å². The highest BCUT2D eigenvalue weighted by Crippen LogP contribution is 2.12. The molecular formula is C7H7NO2S. The van der Waals surface area contributed by atoms with Gasteiger partial charge in [0.25, 0.3) is 0 Å². The summed E-state index contributed by atoms with van der Waals surface area (Å²) in [5.74, 6) is -0.818. The first kappa shape index (κ1) is 8.07. The smallest absolute Gasteiger partial charge is 0.307 e. The first-order valence-corrected chi connectivity index (χ1v) is 3.89. The van der Waals surface area contributed by atoms with Gasteiger partial charge in [-0.15, -0.1) is 0 Å². The van der Waals surface area contributed by atoms with Crippen LogP contribution in [-0.4, -0.2) is 17.3 Å². The summed E-state index contributed by atoms with van der Waals surface area (Å²) in [6.45, 7) is 0. The third kappa shape index (κ3) is 3.04. The Kier molecular flexibility index (Phi) is 2.92. The van der Waals surface area contributed by atoms with E-state index in [0.717, 1.165) is 5.57 Å². The normalized spacial score (nSPS) is 15.8. The van der Waals surface area contributed by atoms with Crippen molar-refractivity contribution >= 4 is 24.1 Å². The van der Waals surface area contributed by atoms with E-state index in [1.165, 1.54) is 11.9 Å². The van der Waals surface area contributed by atoms with Crippen molar-refractivity contribution in [3.05, 3.63) is 23.1 Å². The van der Waals surface area contributed by atoms with Gasteiger partial charge in [0.05, 0.1) is 6.42 Å². The van der Waals surface area contributed by atoms with Crippen LogP contribution in [-0.2, 0) is 4.79 Å². The molecule has 0 fully saturated rings. The van der Waals surface area contributed by atoms with Gasteiger partial charge in [0.2, 0.25) is 0 Å². The molecule has 0 bridgehead atoms. The summed E-state index contributed by atoms with van der Waals surface area (Å²) in [6.07, 6.45) is 5.11. The number of nitrogens with zero attached hydrogens (tertiary/aromatic N) is 1. The fourth-order valence-electron chi connectivity index (χ4n) is 0.662. The first-order chi connectivity index (χ1) is 5.29. The Morgan fingerprint density at radius 2 is 2.55 bits per heavy atom. The lowest BCUT2D eigenvalue weighted by atomic mass is 10.2. The molecule has 0 radical (unpaired) electrons.